The molecule has 2 rings (SSSR count). The summed E-state index contributed by atoms with van der Waals surface area (Å²) in [5.41, 5.74) is 0.318. The monoisotopic (exact) mass is 221 g/mol. The average Bonchev–Trinajstić information content (AvgIpc) is 2.28. The maximum Gasteiger partial charge on any atom is 0.337 e. The van der Waals surface area contributed by atoms with Gasteiger partial charge < -0.3 is 9.84 Å². The van der Waals surface area contributed by atoms with E-state index in [2.05, 4.69) is 4.98 Å². The van der Waals surface area contributed by atoms with Gasteiger partial charge in [0.25, 0.3) is 0 Å². The number of fused-ring (bicyclic) bond motifs is 1. The van der Waals surface area contributed by atoms with Crippen LogP contribution in [0.3, 0.4) is 0 Å². The van der Waals surface area contributed by atoms with E-state index in [1.807, 2.05) is 0 Å². The summed E-state index contributed by atoms with van der Waals surface area (Å²) in [6.07, 6.45) is 1.18. The Kier molecular flexibility index (Phi) is 2.44. The fourth-order valence-electron chi connectivity index (χ4n) is 1.40. The van der Waals surface area contributed by atoms with Crippen molar-refractivity contribution in [3.8, 4) is 5.75 Å². The Morgan fingerprint density at radius 2 is 2.19 bits per heavy atom. The van der Waals surface area contributed by atoms with E-state index in [0.717, 1.165) is 0 Å². The van der Waals surface area contributed by atoms with Gasteiger partial charge in [0.1, 0.15) is 11.6 Å². The summed E-state index contributed by atoms with van der Waals surface area (Å²) in [7, 11) is 1.42. The number of aromatic nitrogens is 1. The molecule has 0 aliphatic rings. The van der Waals surface area contributed by atoms with Gasteiger partial charge in [0.2, 0.25) is 0 Å². The van der Waals surface area contributed by atoms with Crippen LogP contribution in [0.15, 0.2) is 24.4 Å². The zero-order chi connectivity index (χ0) is 11.7. The number of pyridine rings is 1. The fraction of sp³-hybridized carbons (Fsp3) is 0.0909. The highest BCUT2D eigenvalue weighted by Gasteiger charge is 2.09. The van der Waals surface area contributed by atoms with Gasteiger partial charge in [0, 0.05) is 23.7 Å². The van der Waals surface area contributed by atoms with Gasteiger partial charge >= 0.3 is 5.97 Å². The van der Waals surface area contributed by atoms with Crippen molar-refractivity contribution in [2.45, 2.75) is 0 Å². The Morgan fingerprint density at radius 3 is 2.81 bits per heavy atom. The largest absolute Gasteiger partial charge is 0.497 e. The van der Waals surface area contributed by atoms with Gasteiger partial charge in [0.05, 0.1) is 18.2 Å². The number of nitrogens with zero attached hydrogens (tertiary/aromatic N) is 1. The maximum absolute atomic E-state index is 13.6. The first-order valence-electron chi connectivity index (χ1n) is 4.48. The zero-order valence-electron chi connectivity index (χ0n) is 8.40. The first-order valence-corrected chi connectivity index (χ1v) is 4.48. The molecule has 1 aromatic heterocycles. The van der Waals surface area contributed by atoms with E-state index < -0.39 is 11.8 Å². The standard InChI is InChI=1S/C11H8FNO3/c1-16-7-3-9(12)8-2-6(11(14)15)5-13-10(8)4-7/h2-5H,1H3,(H,14,15). The summed E-state index contributed by atoms with van der Waals surface area (Å²) in [4.78, 5) is 14.6. The molecule has 1 aromatic carbocycles. The number of aromatic carboxylic acids is 1. The number of carboxylic acid groups (broad SMARTS) is 1. The molecular formula is C11H8FNO3. The minimum Gasteiger partial charge on any atom is -0.497 e. The second-order valence-corrected chi connectivity index (χ2v) is 3.21. The second kappa shape index (κ2) is 3.77. The number of carbonyl (C=O) groups is 1. The summed E-state index contributed by atoms with van der Waals surface area (Å²) >= 11 is 0. The van der Waals surface area contributed by atoms with Crippen LogP contribution in [0.5, 0.6) is 5.75 Å². The third-order valence-electron chi connectivity index (χ3n) is 2.21. The molecule has 0 atom stereocenters. The van der Waals surface area contributed by atoms with E-state index in [4.69, 9.17) is 9.84 Å². The van der Waals surface area contributed by atoms with Gasteiger partial charge in [0.15, 0.2) is 0 Å². The smallest absolute Gasteiger partial charge is 0.337 e. The van der Waals surface area contributed by atoms with E-state index in [9.17, 15) is 9.18 Å². The number of ether oxygens (including phenoxy) is 1. The van der Waals surface area contributed by atoms with E-state index >= 15 is 0 Å². The molecule has 4 nitrogen and oxygen atoms in total. The van der Waals surface area contributed by atoms with Crippen LogP contribution < -0.4 is 4.74 Å². The highest BCUT2D eigenvalue weighted by molar-refractivity contribution is 5.92. The lowest BCUT2D eigenvalue weighted by molar-refractivity contribution is 0.0696. The molecule has 0 spiro atoms. The number of hydrogen-bond donors (Lipinski definition) is 1. The maximum atomic E-state index is 13.6. The van der Waals surface area contributed by atoms with Crippen molar-refractivity contribution >= 4 is 16.9 Å². The number of methoxy groups -OCH3 is 1. The highest BCUT2D eigenvalue weighted by atomic mass is 19.1. The lowest BCUT2D eigenvalue weighted by atomic mass is 10.1. The van der Waals surface area contributed by atoms with Crippen LogP contribution in [0.4, 0.5) is 4.39 Å². The van der Waals surface area contributed by atoms with Crippen LogP contribution in [0.2, 0.25) is 0 Å². The van der Waals surface area contributed by atoms with Crippen molar-refractivity contribution in [1.29, 1.82) is 0 Å². The molecule has 5 heteroatoms. The van der Waals surface area contributed by atoms with Crippen LogP contribution in [-0.2, 0) is 0 Å². The lowest BCUT2D eigenvalue weighted by Crippen LogP contribution is -1.98. The minimum atomic E-state index is -1.13. The molecule has 0 unspecified atom stereocenters. The lowest BCUT2D eigenvalue weighted by Gasteiger charge is -2.04. The summed E-state index contributed by atoms with van der Waals surface area (Å²) in [6.45, 7) is 0. The van der Waals surface area contributed by atoms with Crippen molar-refractivity contribution in [3.63, 3.8) is 0 Å². The number of halogens is 1. The van der Waals surface area contributed by atoms with Gasteiger partial charge in [-0.05, 0) is 6.07 Å². The average molecular weight is 221 g/mol. The third-order valence-corrected chi connectivity index (χ3v) is 2.21. The number of rotatable bonds is 2. The topological polar surface area (TPSA) is 59.4 Å². The van der Waals surface area contributed by atoms with Gasteiger partial charge in [-0.15, -0.1) is 0 Å². The van der Waals surface area contributed by atoms with Crippen LogP contribution in [0.25, 0.3) is 10.9 Å². The molecule has 2 aromatic rings. The summed E-state index contributed by atoms with van der Waals surface area (Å²) in [6, 6.07) is 3.99. The van der Waals surface area contributed by atoms with E-state index in [1.54, 1.807) is 6.07 Å². The Bertz CT molecular complexity index is 568. The van der Waals surface area contributed by atoms with Crippen LogP contribution in [0, 0.1) is 5.82 Å². The predicted octanol–water partition coefficient (Wildman–Crippen LogP) is 2.08. The molecule has 1 N–H and O–H groups in total. The Morgan fingerprint density at radius 1 is 1.44 bits per heavy atom. The van der Waals surface area contributed by atoms with Crippen LogP contribution >= 0.6 is 0 Å². The Labute approximate surface area is 90.3 Å². The molecule has 0 radical (unpaired) electrons. The van der Waals surface area contributed by atoms with Gasteiger partial charge in [-0.3, -0.25) is 4.98 Å². The van der Waals surface area contributed by atoms with E-state index in [1.165, 1.54) is 25.4 Å². The second-order valence-electron chi connectivity index (χ2n) is 3.21. The quantitative estimate of drug-likeness (QED) is 0.843. The van der Waals surface area contributed by atoms with Gasteiger partial charge in [-0.2, -0.15) is 0 Å². The molecule has 0 saturated heterocycles. The van der Waals surface area contributed by atoms with Crippen molar-refractivity contribution in [2.24, 2.45) is 0 Å². The van der Waals surface area contributed by atoms with Crippen molar-refractivity contribution in [3.05, 3.63) is 35.8 Å². The van der Waals surface area contributed by atoms with E-state index in [0.29, 0.717) is 11.3 Å². The van der Waals surface area contributed by atoms with E-state index in [-0.39, 0.29) is 10.9 Å². The molecule has 1 heterocycles. The first-order chi connectivity index (χ1) is 7.61. The summed E-state index contributed by atoms with van der Waals surface area (Å²) in [5.74, 6) is -1.34. The molecule has 82 valence electrons. The molecule has 0 fully saturated rings. The molecule has 0 amide bonds. The summed E-state index contributed by atoms with van der Waals surface area (Å²) in [5, 5.41) is 8.92. The first kappa shape index (κ1) is 10.4. The molecule has 0 aliphatic heterocycles. The normalized spacial score (nSPS) is 10.4. The van der Waals surface area contributed by atoms with Gasteiger partial charge in [-0.1, -0.05) is 0 Å². The van der Waals surface area contributed by atoms with Gasteiger partial charge in [-0.25, -0.2) is 9.18 Å². The molecule has 0 saturated carbocycles. The van der Waals surface area contributed by atoms with Crippen molar-refractivity contribution in [1.82, 2.24) is 4.98 Å². The number of hydrogen-bond acceptors (Lipinski definition) is 3. The zero-order valence-corrected chi connectivity index (χ0v) is 8.40. The molecule has 0 aliphatic carbocycles. The molecule has 0 bridgehead atoms. The Balaban J connectivity index is 2.70. The Hall–Kier alpha value is -2.17. The molecular weight excluding hydrogens is 213 g/mol. The van der Waals surface area contributed by atoms with Crippen molar-refractivity contribution < 1.29 is 19.0 Å². The highest BCUT2D eigenvalue weighted by Crippen LogP contribution is 2.23. The summed E-state index contributed by atoms with van der Waals surface area (Å²) < 4.78 is 18.4. The fourth-order valence-corrected chi connectivity index (χ4v) is 1.40. The molecule has 16 heavy (non-hydrogen) atoms. The number of carboxylic acids is 1. The number of benzene rings is 1. The third kappa shape index (κ3) is 1.67. The SMILES string of the molecule is COc1cc(F)c2cc(C(=O)O)cnc2c1. The van der Waals surface area contributed by atoms with Crippen molar-refractivity contribution in [2.75, 3.05) is 7.11 Å². The predicted molar refractivity (Wildman–Crippen MR) is 55.2 cm³/mol. The minimum absolute atomic E-state index is 0.0448. The van der Waals surface area contributed by atoms with Crippen LogP contribution in [0.1, 0.15) is 10.4 Å². The van der Waals surface area contributed by atoms with Crippen LogP contribution in [-0.4, -0.2) is 23.2 Å².